The lowest BCUT2D eigenvalue weighted by molar-refractivity contribution is -0.140. The summed E-state index contributed by atoms with van der Waals surface area (Å²) in [5.74, 6) is 1.32. The highest BCUT2D eigenvalue weighted by Gasteiger charge is 2.30. The summed E-state index contributed by atoms with van der Waals surface area (Å²) in [7, 11) is 1.81. The van der Waals surface area contributed by atoms with E-state index in [1.165, 1.54) is 4.88 Å². The first kappa shape index (κ1) is 19.1. The van der Waals surface area contributed by atoms with Crippen molar-refractivity contribution in [3.63, 3.8) is 0 Å². The number of thiazole rings is 1. The van der Waals surface area contributed by atoms with E-state index in [9.17, 15) is 4.79 Å². The van der Waals surface area contributed by atoms with Crippen LogP contribution < -0.4 is 5.32 Å². The van der Waals surface area contributed by atoms with Gasteiger partial charge < -0.3 is 19.9 Å². The molecule has 1 aromatic heterocycles. The second kappa shape index (κ2) is 8.81. The molecule has 0 unspecified atom stereocenters. The minimum atomic E-state index is 0.131. The molecule has 3 heterocycles. The Morgan fingerprint density at radius 2 is 1.92 bits per heavy atom. The maximum absolute atomic E-state index is 12.6. The molecule has 2 aliphatic heterocycles. The summed E-state index contributed by atoms with van der Waals surface area (Å²) < 4.78 is 5.34. The van der Waals surface area contributed by atoms with Crippen molar-refractivity contribution in [2.24, 2.45) is 10.9 Å². The van der Waals surface area contributed by atoms with Crippen LogP contribution in [0.5, 0.6) is 0 Å². The topological polar surface area (TPSA) is 70.1 Å². The predicted octanol–water partition coefficient (Wildman–Crippen LogP) is 1.41. The second-order valence-electron chi connectivity index (χ2n) is 6.85. The molecule has 3 rings (SSSR count). The van der Waals surface area contributed by atoms with E-state index < -0.39 is 0 Å². The SMILES string of the molecule is CN=C(NCc1nc(C)c(C)s1)N1CCC(C(=O)N2CCOCC2)CC1. The highest BCUT2D eigenvalue weighted by Crippen LogP contribution is 2.21. The fraction of sp³-hybridized carbons (Fsp3) is 0.722. The zero-order chi connectivity index (χ0) is 18.5. The number of amides is 1. The van der Waals surface area contributed by atoms with E-state index in [-0.39, 0.29) is 5.92 Å². The number of guanidine groups is 1. The maximum atomic E-state index is 12.6. The average Bonchev–Trinajstić information content (AvgIpc) is 3.00. The van der Waals surface area contributed by atoms with Crippen LogP contribution in [-0.2, 0) is 16.1 Å². The van der Waals surface area contributed by atoms with Gasteiger partial charge in [0, 0.05) is 44.0 Å². The number of nitrogens with zero attached hydrogens (tertiary/aromatic N) is 4. The first-order chi connectivity index (χ1) is 12.6. The average molecular weight is 380 g/mol. The number of carbonyl (C=O) groups is 1. The van der Waals surface area contributed by atoms with Crippen LogP contribution >= 0.6 is 11.3 Å². The van der Waals surface area contributed by atoms with E-state index in [1.54, 1.807) is 11.3 Å². The Bertz CT molecular complexity index is 627. The van der Waals surface area contributed by atoms with Crippen LogP contribution in [0.25, 0.3) is 0 Å². The number of rotatable bonds is 3. The molecular formula is C18H29N5O2S. The molecule has 7 nitrogen and oxygen atoms in total. The van der Waals surface area contributed by atoms with E-state index in [0.717, 1.165) is 55.7 Å². The third kappa shape index (κ3) is 4.54. The molecule has 2 saturated heterocycles. The first-order valence-electron chi connectivity index (χ1n) is 9.33. The first-order valence-corrected chi connectivity index (χ1v) is 10.1. The van der Waals surface area contributed by atoms with Crippen molar-refractivity contribution in [1.29, 1.82) is 0 Å². The van der Waals surface area contributed by atoms with Gasteiger partial charge in [-0.2, -0.15) is 0 Å². The Balaban J connectivity index is 1.48. The molecule has 0 atom stereocenters. The lowest BCUT2D eigenvalue weighted by atomic mass is 9.95. The van der Waals surface area contributed by atoms with Gasteiger partial charge in [-0.05, 0) is 26.7 Å². The van der Waals surface area contributed by atoms with Crippen molar-refractivity contribution in [3.8, 4) is 0 Å². The lowest BCUT2D eigenvalue weighted by Gasteiger charge is -2.36. The molecule has 1 N–H and O–H groups in total. The zero-order valence-corrected chi connectivity index (χ0v) is 16.8. The van der Waals surface area contributed by atoms with E-state index in [4.69, 9.17) is 4.74 Å². The molecule has 0 bridgehead atoms. The Kier molecular flexibility index (Phi) is 6.48. The van der Waals surface area contributed by atoms with Gasteiger partial charge in [-0.15, -0.1) is 11.3 Å². The molecule has 0 radical (unpaired) electrons. The van der Waals surface area contributed by atoms with Crippen molar-refractivity contribution < 1.29 is 9.53 Å². The summed E-state index contributed by atoms with van der Waals surface area (Å²) in [6.45, 7) is 9.34. The zero-order valence-electron chi connectivity index (χ0n) is 16.0. The van der Waals surface area contributed by atoms with Crippen LogP contribution in [0.4, 0.5) is 0 Å². The van der Waals surface area contributed by atoms with Gasteiger partial charge in [0.05, 0.1) is 25.5 Å². The monoisotopic (exact) mass is 379 g/mol. The third-order valence-corrected chi connectivity index (χ3v) is 6.22. The smallest absolute Gasteiger partial charge is 0.225 e. The van der Waals surface area contributed by atoms with Gasteiger partial charge in [0.15, 0.2) is 5.96 Å². The largest absolute Gasteiger partial charge is 0.378 e. The Morgan fingerprint density at radius 3 is 2.50 bits per heavy atom. The number of piperidine rings is 1. The molecule has 0 aliphatic carbocycles. The standard InChI is InChI=1S/C18H29N5O2S/c1-13-14(2)26-16(21-13)12-20-18(19-3)23-6-4-15(5-7-23)17(24)22-8-10-25-11-9-22/h15H,4-12H2,1-3H3,(H,19,20). The Labute approximate surface area is 159 Å². The number of aromatic nitrogens is 1. The normalized spacial score (nSPS) is 19.7. The molecule has 144 valence electrons. The number of likely N-dealkylation sites (tertiary alicyclic amines) is 1. The van der Waals surface area contributed by atoms with Gasteiger partial charge in [-0.3, -0.25) is 9.79 Å². The summed E-state index contributed by atoms with van der Waals surface area (Å²) in [6, 6.07) is 0. The third-order valence-electron chi connectivity index (χ3n) is 5.15. The molecule has 8 heteroatoms. The van der Waals surface area contributed by atoms with Crippen molar-refractivity contribution in [3.05, 3.63) is 15.6 Å². The van der Waals surface area contributed by atoms with E-state index in [1.807, 2.05) is 18.9 Å². The van der Waals surface area contributed by atoms with Crippen LogP contribution in [0.3, 0.4) is 0 Å². The number of nitrogens with one attached hydrogen (secondary N) is 1. The van der Waals surface area contributed by atoms with Gasteiger partial charge in [-0.25, -0.2) is 4.98 Å². The summed E-state index contributed by atoms with van der Waals surface area (Å²) in [5.41, 5.74) is 1.10. The second-order valence-corrected chi connectivity index (χ2v) is 8.14. The molecule has 26 heavy (non-hydrogen) atoms. The number of ether oxygens (including phenoxy) is 1. The highest BCUT2D eigenvalue weighted by atomic mass is 32.1. The van der Waals surface area contributed by atoms with Gasteiger partial charge in [0.1, 0.15) is 5.01 Å². The fourth-order valence-corrected chi connectivity index (χ4v) is 4.36. The van der Waals surface area contributed by atoms with Gasteiger partial charge >= 0.3 is 0 Å². The number of carbonyl (C=O) groups excluding carboxylic acids is 1. The van der Waals surface area contributed by atoms with Gasteiger partial charge in [0.2, 0.25) is 5.91 Å². The Morgan fingerprint density at radius 1 is 1.23 bits per heavy atom. The molecule has 1 aromatic rings. The number of hydrogen-bond donors (Lipinski definition) is 1. The maximum Gasteiger partial charge on any atom is 0.225 e. The summed E-state index contributed by atoms with van der Waals surface area (Å²) in [6.07, 6.45) is 1.76. The number of hydrogen-bond acceptors (Lipinski definition) is 5. The Hall–Kier alpha value is -1.67. The minimum Gasteiger partial charge on any atom is -0.378 e. The van der Waals surface area contributed by atoms with Crippen molar-refractivity contribution in [1.82, 2.24) is 20.1 Å². The van der Waals surface area contributed by atoms with E-state index in [2.05, 4.69) is 27.1 Å². The minimum absolute atomic E-state index is 0.131. The molecule has 0 spiro atoms. The molecule has 0 saturated carbocycles. The number of aryl methyl sites for hydroxylation is 2. The molecule has 0 aromatic carbocycles. The summed E-state index contributed by atoms with van der Waals surface area (Å²) in [4.78, 5) is 27.1. The van der Waals surface area contributed by atoms with Crippen molar-refractivity contribution in [2.75, 3.05) is 46.4 Å². The van der Waals surface area contributed by atoms with Crippen LogP contribution in [0.2, 0.25) is 0 Å². The molecule has 2 fully saturated rings. The fourth-order valence-electron chi connectivity index (χ4n) is 3.48. The quantitative estimate of drug-likeness (QED) is 0.635. The molecule has 2 aliphatic rings. The molecular weight excluding hydrogens is 350 g/mol. The summed E-state index contributed by atoms with van der Waals surface area (Å²) >= 11 is 1.73. The van der Waals surface area contributed by atoms with Crippen LogP contribution in [-0.4, -0.2) is 73.1 Å². The van der Waals surface area contributed by atoms with Crippen LogP contribution in [0, 0.1) is 19.8 Å². The molecule has 1 amide bonds. The number of aliphatic imine (C=N–C) groups is 1. The van der Waals surface area contributed by atoms with E-state index in [0.29, 0.717) is 25.7 Å². The summed E-state index contributed by atoms with van der Waals surface area (Å²) in [5, 5.41) is 4.50. The van der Waals surface area contributed by atoms with Crippen LogP contribution in [0.1, 0.15) is 28.4 Å². The van der Waals surface area contributed by atoms with Crippen molar-refractivity contribution >= 4 is 23.2 Å². The van der Waals surface area contributed by atoms with Gasteiger partial charge in [0.25, 0.3) is 0 Å². The predicted molar refractivity (Wildman–Crippen MR) is 103 cm³/mol. The van der Waals surface area contributed by atoms with E-state index >= 15 is 0 Å². The van der Waals surface area contributed by atoms with Crippen molar-refractivity contribution in [2.45, 2.75) is 33.2 Å². The lowest BCUT2D eigenvalue weighted by Crippen LogP contribution is -2.49. The van der Waals surface area contributed by atoms with Gasteiger partial charge in [-0.1, -0.05) is 0 Å². The number of morpholine rings is 1. The highest BCUT2D eigenvalue weighted by molar-refractivity contribution is 7.11. The van der Waals surface area contributed by atoms with Crippen LogP contribution in [0.15, 0.2) is 4.99 Å².